The topological polar surface area (TPSA) is 24.4 Å². The maximum absolute atomic E-state index is 6.22. The highest BCUT2D eigenvalue weighted by atomic mass is 35.5. The van der Waals surface area contributed by atoms with E-state index in [-0.39, 0.29) is 6.04 Å². The summed E-state index contributed by atoms with van der Waals surface area (Å²) in [6.45, 7) is 2.13. The third-order valence-corrected chi connectivity index (χ3v) is 4.47. The van der Waals surface area contributed by atoms with Gasteiger partial charge in [0, 0.05) is 16.6 Å². The Morgan fingerprint density at radius 1 is 1.41 bits per heavy atom. The SMILES string of the molecule is Cc1sc2c(Cl)cccc2c1C1C=CNC=N1. The molecule has 0 amide bonds. The molecule has 0 saturated heterocycles. The van der Waals surface area contributed by atoms with Crippen LogP contribution in [0.3, 0.4) is 0 Å². The number of hydrogen-bond acceptors (Lipinski definition) is 3. The van der Waals surface area contributed by atoms with E-state index in [1.54, 1.807) is 17.7 Å². The molecule has 86 valence electrons. The quantitative estimate of drug-likeness (QED) is 0.824. The minimum Gasteiger partial charge on any atom is -0.353 e. The fourth-order valence-electron chi connectivity index (χ4n) is 2.12. The van der Waals surface area contributed by atoms with Crippen molar-refractivity contribution in [2.75, 3.05) is 0 Å². The van der Waals surface area contributed by atoms with Crippen molar-refractivity contribution in [2.24, 2.45) is 4.99 Å². The van der Waals surface area contributed by atoms with Crippen molar-refractivity contribution < 1.29 is 0 Å². The van der Waals surface area contributed by atoms with Crippen molar-refractivity contribution in [2.45, 2.75) is 13.0 Å². The second-order valence-corrected chi connectivity index (χ2v) is 5.57. The second-order valence-electron chi connectivity index (χ2n) is 3.94. The summed E-state index contributed by atoms with van der Waals surface area (Å²) in [6.07, 6.45) is 5.72. The maximum atomic E-state index is 6.22. The van der Waals surface area contributed by atoms with Crippen LogP contribution >= 0.6 is 22.9 Å². The summed E-state index contributed by atoms with van der Waals surface area (Å²) in [4.78, 5) is 5.73. The number of aliphatic imine (C=N–C) groups is 1. The molecule has 1 aromatic carbocycles. The van der Waals surface area contributed by atoms with Crippen LogP contribution in [-0.2, 0) is 0 Å². The Morgan fingerprint density at radius 2 is 2.29 bits per heavy atom. The van der Waals surface area contributed by atoms with Gasteiger partial charge in [-0.1, -0.05) is 23.7 Å². The van der Waals surface area contributed by atoms with Gasteiger partial charge in [-0.05, 0) is 24.5 Å². The Labute approximate surface area is 109 Å². The van der Waals surface area contributed by atoms with E-state index >= 15 is 0 Å². The van der Waals surface area contributed by atoms with E-state index in [9.17, 15) is 0 Å². The van der Waals surface area contributed by atoms with Crippen LogP contribution in [0.4, 0.5) is 0 Å². The van der Waals surface area contributed by atoms with Gasteiger partial charge in [0.05, 0.1) is 22.1 Å². The van der Waals surface area contributed by atoms with Gasteiger partial charge >= 0.3 is 0 Å². The highest BCUT2D eigenvalue weighted by Crippen LogP contribution is 2.40. The molecule has 2 heterocycles. The molecule has 1 N–H and O–H groups in total. The molecule has 1 aromatic heterocycles. The fourth-order valence-corrected chi connectivity index (χ4v) is 3.51. The lowest BCUT2D eigenvalue weighted by atomic mass is 10.0. The first kappa shape index (κ1) is 10.8. The van der Waals surface area contributed by atoms with Crippen molar-refractivity contribution in [3.05, 3.63) is 45.9 Å². The van der Waals surface area contributed by atoms with Crippen LogP contribution in [0.15, 0.2) is 35.5 Å². The number of aryl methyl sites for hydroxylation is 1. The minimum atomic E-state index is 0.100. The molecule has 2 nitrogen and oxygen atoms in total. The zero-order valence-corrected chi connectivity index (χ0v) is 10.8. The molecule has 3 rings (SSSR count). The Hall–Kier alpha value is -1.32. The molecule has 0 aliphatic carbocycles. The number of thiophene rings is 1. The smallest absolute Gasteiger partial charge is 0.0981 e. The molecule has 2 aromatic rings. The molecule has 1 aliphatic rings. The third-order valence-electron chi connectivity index (χ3n) is 2.87. The second kappa shape index (κ2) is 4.17. The third kappa shape index (κ3) is 1.75. The average molecular weight is 263 g/mol. The Kier molecular flexibility index (Phi) is 2.65. The summed E-state index contributed by atoms with van der Waals surface area (Å²) in [5.74, 6) is 0. The van der Waals surface area contributed by atoms with E-state index in [0.717, 1.165) is 9.72 Å². The zero-order chi connectivity index (χ0) is 11.8. The van der Waals surface area contributed by atoms with Gasteiger partial charge in [-0.15, -0.1) is 11.3 Å². The lowest BCUT2D eigenvalue weighted by Crippen LogP contribution is -2.08. The molecule has 4 heteroatoms. The first-order valence-electron chi connectivity index (χ1n) is 5.39. The first-order valence-corrected chi connectivity index (χ1v) is 6.58. The highest BCUT2D eigenvalue weighted by molar-refractivity contribution is 7.19. The summed E-state index contributed by atoms with van der Waals surface area (Å²) < 4.78 is 1.16. The van der Waals surface area contributed by atoms with Gasteiger partial charge in [0.1, 0.15) is 0 Å². The molecular formula is C13H11ClN2S. The molecular weight excluding hydrogens is 252 g/mol. The van der Waals surface area contributed by atoms with Crippen molar-refractivity contribution in [1.29, 1.82) is 0 Å². The van der Waals surface area contributed by atoms with E-state index < -0.39 is 0 Å². The van der Waals surface area contributed by atoms with Crippen molar-refractivity contribution in [3.63, 3.8) is 0 Å². The van der Waals surface area contributed by atoms with Gasteiger partial charge in [0.25, 0.3) is 0 Å². The number of halogens is 1. The predicted octanol–water partition coefficient (Wildman–Crippen LogP) is 4.05. The van der Waals surface area contributed by atoms with E-state index in [4.69, 9.17) is 11.6 Å². The van der Waals surface area contributed by atoms with Gasteiger partial charge in [-0.2, -0.15) is 0 Å². The molecule has 0 radical (unpaired) electrons. The number of benzene rings is 1. The van der Waals surface area contributed by atoms with Gasteiger partial charge in [0.15, 0.2) is 0 Å². The molecule has 1 atom stereocenters. The largest absolute Gasteiger partial charge is 0.353 e. The molecule has 0 fully saturated rings. The lowest BCUT2D eigenvalue weighted by Gasteiger charge is -2.12. The van der Waals surface area contributed by atoms with Crippen molar-refractivity contribution >= 4 is 39.4 Å². The first-order chi connectivity index (χ1) is 8.27. The Bertz CT molecular complexity index is 616. The fraction of sp³-hybridized carbons (Fsp3) is 0.154. The van der Waals surface area contributed by atoms with Crippen LogP contribution in [0.25, 0.3) is 10.1 Å². The van der Waals surface area contributed by atoms with Gasteiger partial charge in [-0.25, -0.2) is 0 Å². The molecule has 0 bridgehead atoms. The summed E-state index contributed by atoms with van der Waals surface area (Å²) in [5, 5.41) is 5.00. The number of rotatable bonds is 1. The maximum Gasteiger partial charge on any atom is 0.0981 e. The number of nitrogens with zero attached hydrogens (tertiary/aromatic N) is 1. The molecule has 1 aliphatic heterocycles. The molecule has 0 spiro atoms. The van der Waals surface area contributed by atoms with Gasteiger partial charge in [0.2, 0.25) is 0 Å². The Morgan fingerprint density at radius 3 is 3.06 bits per heavy atom. The number of fused-ring (bicyclic) bond motifs is 1. The van der Waals surface area contributed by atoms with Crippen LogP contribution < -0.4 is 5.32 Å². The summed E-state index contributed by atoms with van der Waals surface area (Å²) in [7, 11) is 0. The lowest BCUT2D eigenvalue weighted by molar-refractivity contribution is 0.890. The van der Waals surface area contributed by atoms with Crippen LogP contribution in [0, 0.1) is 6.92 Å². The summed E-state index contributed by atoms with van der Waals surface area (Å²) >= 11 is 7.96. The predicted molar refractivity (Wildman–Crippen MR) is 75.1 cm³/mol. The molecule has 17 heavy (non-hydrogen) atoms. The standard InChI is InChI=1S/C13H11ClN2S/c1-8-12(11-5-6-15-7-16-11)9-3-2-4-10(14)13(9)17-8/h2-7,11H,1H3,(H,15,16). The zero-order valence-electron chi connectivity index (χ0n) is 9.27. The van der Waals surface area contributed by atoms with Crippen LogP contribution in [0.2, 0.25) is 5.02 Å². The van der Waals surface area contributed by atoms with Crippen molar-refractivity contribution in [1.82, 2.24) is 5.32 Å². The highest BCUT2D eigenvalue weighted by Gasteiger charge is 2.18. The summed E-state index contributed by atoms with van der Waals surface area (Å²) in [5.41, 5.74) is 1.27. The monoisotopic (exact) mass is 262 g/mol. The summed E-state index contributed by atoms with van der Waals surface area (Å²) in [6, 6.07) is 6.15. The van der Waals surface area contributed by atoms with Crippen LogP contribution in [0.1, 0.15) is 16.5 Å². The number of nitrogens with one attached hydrogen (secondary N) is 1. The van der Waals surface area contributed by atoms with Crippen molar-refractivity contribution in [3.8, 4) is 0 Å². The van der Waals surface area contributed by atoms with Crippen LogP contribution in [0.5, 0.6) is 0 Å². The minimum absolute atomic E-state index is 0.100. The van der Waals surface area contributed by atoms with Gasteiger partial charge in [-0.3, -0.25) is 4.99 Å². The Balaban J connectivity index is 2.25. The normalized spacial score (nSPS) is 18.6. The van der Waals surface area contributed by atoms with E-state index in [1.807, 2.05) is 18.3 Å². The van der Waals surface area contributed by atoms with Crippen LogP contribution in [-0.4, -0.2) is 6.34 Å². The molecule has 1 unspecified atom stereocenters. The number of hydrogen-bond donors (Lipinski definition) is 1. The van der Waals surface area contributed by atoms with E-state index in [0.29, 0.717) is 0 Å². The molecule has 0 saturated carbocycles. The van der Waals surface area contributed by atoms with E-state index in [2.05, 4.69) is 29.4 Å². The average Bonchev–Trinajstić information content (AvgIpc) is 2.68. The van der Waals surface area contributed by atoms with E-state index in [1.165, 1.54) is 15.8 Å². The van der Waals surface area contributed by atoms with Gasteiger partial charge < -0.3 is 5.32 Å².